The number of nitrogens with one attached hydrogen (secondary N) is 1. The number of rotatable bonds is 6. The van der Waals surface area contributed by atoms with E-state index in [0.717, 1.165) is 22.9 Å². The molecule has 128 valence electrons. The molecule has 0 aliphatic carbocycles. The van der Waals surface area contributed by atoms with Crippen molar-refractivity contribution in [3.8, 4) is 5.75 Å². The van der Waals surface area contributed by atoms with Crippen LogP contribution in [0.15, 0.2) is 65.6 Å². The Morgan fingerprint density at radius 3 is 2.72 bits per heavy atom. The third kappa shape index (κ3) is 3.88. The second-order valence-electron chi connectivity index (χ2n) is 5.73. The molecule has 3 rings (SSSR count). The van der Waals surface area contributed by atoms with Gasteiger partial charge in [0.1, 0.15) is 6.54 Å². The minimum Gasteiger partial charge on any atom is -0.488 e. The van der Waals surface area contributed by atoms with Gasteiger partial charge in [-0.1, -0.05) is 43.3 Å². The van der Waals surface area contributed by atoms with Crippen LogP contribution in [0, 0.1) is 0 Å². The lowest BCUT2D eigenvalue weighted by atomic mass is 10.1. The summed E-state index contributed by atoms with van der Waals surface area (Å²) in [5.41, 5.74) is 0.429. The molecule has 0 saturated heterocycles. The van der Waals surface area contributed by atoms with Crippen molar-refractivity contribution in [2.45, 2.75) is 19.9 Å². The first-order chi connectivity index (χ1) is 12.2. The highest BCUT2D eigenvalue weighted by Crippen LogP contribution is 2.22. The molecule has 0 radical (unpaired) electrons. The average molecular weight is 336 g/mol. The van der Waals surface area contributed by atoms with Crippen molar-refractivity contribution >= 4 is 22.4 Å². The number of benzene rings is 2. The fraction of sp³-hybridized carbons (Fsp3) is 0.200. The van der Waals surface area contributed by atoms with E-state index < -0.39 is 0 Å². The maximum Gasteiger partial charge on any atom is 0.293 e. The molecule has 25 heavy (non-hydrogen) atoms. The molecule has 0 spiro atoms. The van der Waals surface area contributed by atoms with E-state index in [4.69, 9.17) is 4.74 Å². The average Bonchev–Trinajstić information content (AvgIpc) is 2.63. The zero-order chi connectivity index (χ0) is 17.6. The third-order valence-corrected chi connectivity index (χ3v) is 3.82. The van der Waals surface area contributed by atoms with Gasteiger partial charge in [-0.25, -0.2) is 0 Å². The predicted octanol–water partition coefficient (Wildman–Crippen LogP) is 3.43. The molecular weight excluding hydrogens is 316 g/mol. The van der Waals surface area contributed by atoms with Crippen LogP contribution in [0.4, 0.5) is 5.69 Å². The molecule has 0 fully saturated rings. The van der Waals surface area contributed by atoms with Gasteiger partial charge in [0, 0.05) is 17.3 Å². The highest BCUT2D eigenvalue weighted by atomic mass is 16.5. The number of fused-ring (bicyclic) bond motifs is 1. The third-order valence-electron chi connectivity index (χ3n) is 3.82. The molecule has 3 aromatic rings. The van der Waals surface area contributed by atoms with Crippen LogP contribution in [0.5, 0.6) is 5.75 Å². The van der Waals surface area contributed by atoms with E-state index >= 15 is 0 Å². The molecule has 5 heteroatoms. The highest BCUT2D eigenvalue weighted by Gasteiger charge is 2.10. The maximum atomic E-state index is 12.4. The molecular formula is C20H20N2O3. The number of ether oxygens (including phenoxy) is 1. The monoisotopic (exact) mass is 336 g/mol. The van der Waals surface area contributed by atoms with Gasteiger partial charge in [-0.15, -0.1) is 0 Å². The molecule has 0 bridgehead atoms. The van der Waals surface area contributed by atoms with Crippen molar-refractivity contribution < 1.29 is 9.53 Å². The van der Waals surface area contributed by atoms with Crippen molar-refractivity contribution in [3.63, 3.8) is 0 Å². The second-order valence-corrected chi connectivity index (χ2v) is 5.73. The van der Waals surface area contributed by atoms with Crippen LogP contribution in [0.2, 0.25) is 0 Å². The zero-order valence-electron chi connectivity index (χ0n) is 14.1. The minimum atomic E-state index is -0.302. The van der Waals surface area contributed by atoms with Crippen LogP contribution in [0.3, 0.4) is 0 Å². The summed E-state index contributed by atoms with van der Waals surface area (Å²) in [6, 6.07) is 16.9. The largest absolute Gasteiger partial charge is 0.488 e. The molecule has 0 saturated carbocycles. The number of anilines is 1. The van der Waals surface area contributed by atoms with Gasteiger partial charge in [0.25, 0.3) is 5.56 Å². The lowest BCUT2D eigenvalue weighted by molar-refractivity contribution is -0.116. The Labute approximate surface area is 145 Å². The number of carbonyl (C=O) groups is 1. The van der Waals surface area contributed by atoms with Crippen LogP contribution in [-0.4, -0.2) is 17.1 Å². The summed E-state index contributed by atoms with van der Waals surface area (Å²) in [7, 11) is 0. The van der Waals surface area contributed by atoms with Crippen LogP contribution in [0.1, 0.15) is 13.3 Å². The lowest BCUT2D eigenvalue weighted by Crippen LogP contribution is -2.28. The summed E-state index contributed by atoms with van der Waals surface area (Å²) in [5.74, 6) is 0.00778. The normalized spacial score (nSPS) is 10.6. The fourth-order valence-electron chi connectivity index (χ4n) is 2.64. The van der Waals surface area contributed by atoms with Crippen LogP contribution in [0.25, 0.3) is 10.8 Å². The smallest absolute Gasteiger partial charge is 0.293 e. The number of hydrogen-bond acceptors (Lipinski definition) is 3. The first-order valence-electron chi connectivity index (χ1n) is 8.29. The van der Waals surface area contributed by atoms with Crippen LogP contribution >= 0.6 is 0 Å². The number of carbonyl (C=O) groups excluding carboxylic acids is 1. The van der Waals surface area contributed by atoms with Gasteiger partial charge >= 0.3 is 0 Å². The second kappa shape index (κ2) is 7.66. The van der Waals surface area contributed by atoms with Gasteiger partial charge in [0.2, 0.25) is 5.91 Å². The maximum absolute atomic E-state index is 12.4. The number of amides is 1. The number of nitrogens with zero attached hydrogens (tertiary/aromatic N) is 1. The first-order valence-corrected chi connectivity index (χ1v) is 8.29. The van der Waals surface area contributed by atoms with E-state index in [9.17, 15) is 9.59 Å². The van der Waals surface area contributed by atoms with E-state index in [1.807, 2.05) is 49.4 Å². The van der Waals surface area contributed by atoms with Crippen molar-refractivity contribution in [1.82, 2.24) is 4.57 Å². The van der Waals surface area contributed by atoms with E-state index in [2.05, 4.69) is 5.32 Å². The van der Waals surface area contributed by atoms with E-state index in [1.54, 1.807) is 18.3 Å². The first kappa shape index (κ1) is 16.8. The highest BCUT2D eigenvalue weighted by molar-refractivity contribution is 6.01. The van der Waals surface area contributed by atoms with E-state index in [-0.39, 0.29) is 23.8 Å². The Balaban J connectivity index is 1.78. The van der Waals surface area contributed by atoms with Gasteiger partial charge in [0.15, 0.2) is 5.75 Å². The SMILES string of the molecule is CCCOc1cccn(CC(=O)Nc2cccc3ccccc23)c1=O. The summed E-state index contributed by atoms with van der Waals surface area (Å²) in [6.45, 7) is 2.38. The Kier molecular flexibility index (Phi) is 5.14. The Morgan fingerprint density at radius 2 is 1.88 bits per heavy atom. The molecule has 0 aliphatic rings. The number of hydrogen-bond donors (Lipinski definition) is 1. The van der Waals surface area contributed by atoms with Gasteiger partial charge in [-0.2, -0.15) is 0 Å². The summed E-state index contributed by atoms with van der Waals surface area (Å²) in [5, 5.41) is 4.90. The Morgan fingerprint density at radius 1 is 1.08 bits per heavy atom. The van der Waals surface area contributed by atoms with Gasteiger partial charge in [-0.05, 0) is 30.0 Å². The summed E-state index contributed by atoms with van der Waals surface area (Å²) < 4.78 is 6.77. The topological polar surface area (TPSA) is 60.3 Å². The van der Waals surface area contributed by atoms with Crippen molar-refractivity contribution in [2.24, 2.45) is 0 Å². The van der Waals surface area contributed by atoms with Crippen molar-refractivity contribution in [3.05, 3.63) is 71.1 Å². The Hall–Kier alpha value is -3.08. The summed E-state index contributed by atoms with van der Waals surface area (Å²) in [4.78, 5) is 24.7. The van der Waals surface area contributed by atoms with E-state index in [1.165, 1.54) is 4.57 Å². The quantitative estimate of drug-likeness (QED) is 0.750. The minimum absolute atomic E-state index is 0.0641. The molecule has 1 aromatic heterocycles. The molecule has 0 aliphatic heterocycles. The van der Waals surface area contributed by atoms with Crippen molar-refractivity contribution in [2.75, 3.05) is 11.9 Å². The molecule has 0 unspecified atom stereocenters. The molecule has 0 atom stereocenters. The van der Waals surface area contributed by atoms with Gasteiger partial charge in [0.05, 0.1) is 6.61 Å². The zero-order valence-corrected chi connectivity index (χ0v) is 14.1. The Bertz CT molecular complexity index is 942. The van der Waals surface area contributed by atoms with Crippen LogP contribution in [-0.2, 0) is 11.3 Å². The van der Waals surface area contributed by atoms with Gasteiger partial charge < -0.3 is 14.6 Å². The van der Waals surface area contributed by atoms with Crippen LogP contribution < -0.4 is 15.6 Å². The number of aromatic nitrogens is 1. The molecule has 1 amide bonds. The van der Waals surface area contributed by atoms with Gasteiger partial charge in [-0.3, -0.25) is 9.59 Å². The molecule has 2 aromatic carbocycles. The summed E-state index contributed by atoms with van der Waals surface area (Å²) >= 11 is 0. The van der Waals surface area contributed by atoms with Crippen molar-refractivity contribution in [1.29, 1.82) is 0 Å². The predicted molar refractivity (Wildman–Crippen MR) is 99.1 cm³/mol. The fourth-order valence-corrected chi connectivity index (χ4v) is 2.64. The van der Waals surface area contributed by atoms with E-state index in [0.29, 0.717) is 6.61 Å². The summed E-state index contributed by atoms with van der Waals surface area (Å²) in [6.07, 6.45) is 2.40. The number of pyridine rings is 1. The molecule has 1 heterocycles. The standard InChI is InChI=1S/C20H20N2O3/c1-2-13-25-18-11-6-12-22(20(18)24)14-19(23)21-17-10-5-8-15-7-3-4-9-16(15)17/h3-12H,2,13-14H2,1H3,(H,21,23). The lowest BCUT2D eigenvalue weighted by Gasteiger charge is -2.11. The molecule has 5 nitrogen and oxygen atoms in total. The molecule has 1 N–H and O–H groups in total.